The third-order valence-electron chi connectivity index (χ3n) is 3.78. The van der Waals surface area contributed by atoms with Crippen LogP contribution in [0.1, 0.15) is 17.0 Å². The SMILES string of the molecule is O=C(c1occc1-c1ccccc1)N1CCC(CO)C1. The fourth-order valence-electron chi connectivity index (χ4n) is 2.63. The van der Waals surface area contributed by atoms with Gasteiger partial charge in [-0.2, -0.15) is 0 Å². The molecule has 1 aliphatic rings. The molecule has 3 rings (SSSR count). The van der Waals surface area contributed by atoms with Gasteiger partial charge in [0.2, 0.25) is 0 Å². The average molecular weight is 271 g/mol. The summed E-state index contributed by atoms with van der Waals surface area (Å²) in [4.78, 5) is 14.3. The number of carbonyl (C=O) groups is 1. The zero-order valence-electron chi connectivity index (χ0n) is 11.2. The van der Waals surface area contributed by atoms with E-state index in [4.69, 9.17) is 9.52 Å². The van der Waals surface area contributed by atoms with Gasteiger partial charge >= 0.3 is 0 Å². The van der Waals surface area contributed by atoms with Gasteiger partial charge in [-0.05, 0) is 18.1 Å². The Morgan fingerprint density at radius 1 is 1.30 bits per heavy atom. The molecule has 20 heavy (non-hydrogen) atoms. The second-order valence-corrected chi connectivity index (χ2v) is 5.12. The van der Waals surface area contributed by atoms with Crippen LogP contribution >= 0.6 is 0 Å². The van der Waals surface area contributed by atoms with Crippen LogP contribution in [-0.4, -0.2) is 35.6 Å². The minimum absolute atomic E-state index is 0.0928. The molecule has 104 valence electrons. The lowest BCUT2D eigenvalue weighted by molar-refractivity contribution is 0.0751. The monoisotopic (exact) mass is 271 g/mol. The molecule has 4 nitrogen and oxygen atoms in total. The maximum absolute atomic E-state index is 12.5. The molecule has 0 saturated carbocycles. The Hall–Kier alpha value is -2.07. The first kappa shape index (κ1) is 12.9. The summed E-state index contributed by atoms with van der Waals surface area (Å²) in [6, 6.07) is 11.6. The number of carbonyl (C=O) groups excluding carboxylic acids is 1. The summed E-state index contributed by atoms with van der Waals surface area (Å²) in [5.41, 5.74) is 1.80. The number of amides is 1. The number of aliphatic hydroxyl groups is 1. The molecular weight excluding hydrogens is 254 g/mol. The molecule has 1 N–H and O–H groups in total. The van der Waals surface area contributed by atoms with Crippen LogP contribution < -0.4 is 0 Å². The Morgan fingerprint density at radius 2 is 2.10 bits per heavy atom. The molecule has 4 heteroatoms. The van der Waals surface area contributed by atoms with Crippen LogP contribution in [0.3, 0.4) is 0 Å². The Morgan fingerprint density at radius 3 is 2.80 bits per heavy atom. The normalized spacial score (nSPS) is 18.4. The highest BCUT2D eigenvalue weighted by molar-refractivity contribution is 5.98. The van der Waals surface area contributed by atoms with Crippen molar-refractivity contribution in [3.8, 4) is 11.1 Å². The number of furan rings is 1. The van der Waals surface area contributed by atoms with Crippen LogP contribution in [0.25, 0.3) is 11.1 Å². The van der Waals surface area contributed by atoms with Gasteiger partial charge in [-0.25, -0.2) is 0 Å². The van der Waals surface area contributed by atoms with Gasteiger partial charge < -0.3 is 14.4 Å². The van der Waals surface area contributed by atoms with Crippen molar-refractivity contribution in [1.82, 2.24) is 4.90 Å². The van der Waals surface area contributed by atoms with Crippen molar-refractivity contribution in [3.63, 3.8) is 0 Å². The van der Waals surface area contributed by atoms with E-state index in [-0.39, 0.29) is 18.4 Å². The van der Waals surface area contributed by atoms with Crippen molar-refractivity contribution >= 4 is 5.91 Å². The van der Waals surface area contributed by atoms with Gasteiger partial charge in [0.05, 0.1) is 6.26 Å². The number of likely N-dealkylation sites (tertiary alicyclic amines) is 1. The smallest absolute Gasteiger partial charge is 0.290 e. The minimum atomic E-state index is -0.0928. The predicted molar refractivity (Wildman–Crippen MR) is 75.2 cm³/mol. The number of nitrogens with zero attached hydrogens (tertiary/aromatic N) is 1. The third kappa shape index (κ3) is 2.34. The first-order valence-corrected chi connectivity index (χ1v) is 6.82. The van der Waals surface area contributed by atoms with E-state index in [9.17, 15) is 4.79 Å². The molecule has 1 unspecified atom stereocenters. The molecular formula is C16H17NO3. The lowest BCUT2D eigenvalue weighted by atomic mass is 10.1. The molecule has 0 spiro atoms. The second kappa shape index (κ2) is 5.51. The van der Waals surface area contributed by atoms with E-state index in [0.717, 1.165) is 17.5 Å². The first-order chi connectivity index (χ1) is 9.79. The Balaban J connectivity index is 1.85. The van der Waals surface area contributed by atoms with E-state index in [1.165, 1.54) is 0 Å². The summed E-state index contributed by atoms with van der Waals surface area (Å²) >= 11 is 0. The second-order valence-electron chi connectivity index (χ2n) is 5.12. The van der Waals surface area contributed by atoms with Crippen molar-refractivity contribution in [2.24, 2.45) is 5.92 Å². The van der Waals surface area contributed by atoms with Crippen LogP contribution in [0.5, 0.6) is 0 Å². The number of rotatable bonds is 3. The van der Waals surface area contributed by atoms with Crippen molar-refractivity contribution in [1.29, 1.82) is 0 Å². The molecule has 1 amide bonds. The molecule has 1 aromatic carbocycles. The maximum atomic E-state index is 12.5. The number of aliphatic hydroxyl groups excluding tert-OH is 1. The van der Waals surface area contributed by atoms with Gasteiger partial charge in [-0.1, -0.05) is 30.3 Å². The van der Waals surface area contributed by atoms with Crippen molar-refractivity contribution in [2.45, 2.75) is 6.42 Å². The topological polar surface area (TPSA) is 53.7 Å². The molecule has 0 bridgehead atoms. The van der Waals surface area contributed by atoms with Gasteiger partial charge in [0.15, 0.2) is 5.76 Å². The summed E-state index contributed by atoms with van der Waals surface area (Å²) in [7, 11) is 0. The summed E-state index contributed by atoms with van der Waals surface area (Å²) in [5, 5.41) is 9.17. The third-order valence-corrected chi connectivity index (χ3v) is 3.78. The van der Waals surface area contributed by atoms with Crippen molar-refractivity contribution in [3.05, 3.63) is 48.4 Å². The number of benzene rings is 1. The standard InChI is InChI=1S/C16H17NO3/c18-11-12-6-8-17(10-12)16(19)15-14(7-9-20-15)13-4-2-1-3-5-13/h1-5,7,9,12,18H,6,8,10-11H2. The van der Waals surface area contributed by atoms with Crippen molar-refractivity contribution in [2.75, 3.05) is 19.7 Å². The van der Waals surface area contributed by atoms with Gasteiger partial charge in [0.1, 0.15) is 0 Å². The van der Waals surface area contributed by atoms with Gasteiger partial charge in [0, 0.05) is 31.2 Å². The van der Waals surface area contributed by atoms with E-state index >= 15 is 0 Å². The number of hydrogen-bond acceptors (Lipinski definition) is 3. The van der Waals surface area contributed by atoms with Crippen LogP contribution in [0.4, 0.5) is 0 Å². The van der Waals surface area contributed by atoms with E-state index in [0.29, 0.717) is 18.8 Å². The Bertz CT molecular complexity index is 591. The minimum Gasteiger partial charge on any atom is -0.459 e. The van der Waals surface area contributed by atoms with E-state index in [1.54, 1.807) is 11.2 Å². The molecule has 1 saturated heterocycles. The molecule has 1 atom stereocenters. The number of hydrogen-bond donors (Lipinski definition) is 1. The summed E-state index contributed by atoms with van der Waals surface area (Å²) < 4.78 is 5.41. The first-order valence-electron chi connectivity index (χ1n) is 6.82. The Labute approximate surface area is 117 Å². The van der Waals surface area contributed by atoms with Gasteiger partial charge in [-0.15, -0.1) is 0 Å². The van der Waals surface area contributed by atoms with E-state index in [2.05, 4.69) is 0 Å². The van der Waals surface area contributed by atoms with Crippen LogP contribution in [0.2, 0.25) is 0 Å². The molecule has 1 aliphatic heterocycles. The highest BCUT2D eigenvalue weighted by atomic mass is 16.3. The highest BCUT2D eigenvalue weighted by Gasteiger charge is 2.29. The van der Waals surface area contributed by atoms with Crippen LogP contribution in [0, 0.1) is 5.92 Å². The lowest BCUT2D eigenvalue weighted by Gasteiger charge is -2.15. The zero-order valence-corrected chi connectivity index (χ0v) is 11.2. The largest absolute Gasteiger partial charge is 0.459 e. The molecule has 0 aliphatic carbocycles. The fourth-order valence-corrected chi connectivity index (χ4v) is 2.63. The zero-order chi connectivity index (χ0) is 13.9. The summed E-state index contributed by atoms with van der Waals surface area (Å²) in [5.74, 6) is 0.480. The lowest BCUT2D eigenvalue weighted by Crippen LogP contribution is -2.29. The van der Waals surface area contributed by atoms with Crippen LogP contribution in [-0.2, 0) is 0 Å². The van der Waals surface area contributed by atoms with Gasteiger partial charge in [-0.3, -0.25) is 4.79 Å². The molecule has 2 heterocycles. The molecule has 0 radical (unpaired) electrons. The summed E-state index contributed by atoms with van der Waals surface area (Å²) in [6.07, 6.45) is 2.40. The fraction of sp³-hybridized carbons (Fsp3) is 0.312. The predicted octanol–water partition coefficient (Wildman–Crippen LogP) is 2.40. The molecule has 1 fully saturated rings. The van der Waals surface area contributed by atoms with E-state index < -0.39 is 0 Å². The average Bonchev–Trinajstić information content (AvgIpc) is 3.16. The van der Waals surface area contributed by atoms with Gasteiger partial charge in [0.25, 0.3) is 5.91 Å². The molecule has 2 aromatic rings. The Kier molecular flexibility index (Phi) is 3.56. The highest BCUT2D eigenvalue weighted by Crippen LogP contribution is 2.27. The van der Waals surface area contributed by atoms with E-state index in [1.807, 2.05) is 36.4 Å². The molecule has 1 aromatic heterocycles. The van der Waals surface area contributed by atoms with Crippen molar-refractivity contribution < 1.29 is 14.3 Å². The summed E-state index contributed by atoms with van der Waals surface area (Å²) in [6.45, 7) is 1.41. The van der Waals surface area contributed by atoms with Crippen LogP contribution in [0.15, 0.2) is 47.1 Å². The maximum Gasteiger partial charge on any atom is 0.290 e. The quantitative estimate of drug-likeness (QED) is 0.932.